The van der Waals surface area contributed by atoms with E-state index in [1.165, 1.54) is 48.5 Å². The highest BCUT2D eigenvalue weighted by Gasteiger charge is 2.24. The highest BCUT2D eigenvalue weighted by Crippen LogP contribution is 2.30. The van der Waals surface area contributed by atoms with Gasteiger partial charge < -0.3 is 10.2 Å². The van der Waals surface area contributed by atoms with Gasteiger partial charge in [-0.3, -0.25) is 0 Å². The van der Waals surface area contributed by atoms with Gasteiger partial charge in [0.05, 0.1) is 4.88 Å². The quantitative estimate of drug-likeness (QED) is 0.609. The van der Waals surface area contributed by atoms with Crippen molar-refractivity contribution in [2.24, 2.45) is 5.92 Å². The van der Waals surface area contributed by atoms with E-state index < -0.39 is 0 Å². The van der Waals surface area contributed by atoms with E-state index in [4.69, 9.17) is 0 Å². The lowest BCUT2D eigenvalue weighted by Crippen LogP contribution is -2.28. The molecule has 0 bridgehead atoms. The molecule has 3 aromatic rings. The molecule has 6 heteroatoms. The van der Waals surface area contributed by atoms with Crippen LogP contribution >= 0.6 is 11.3 Å². The highest BCUT2D eigenvalue weighted by atomic mass is 32.1. The highest BCUT2D eigenvalue weighted by molar-refractivity contribution is 7.18. The normalized spacial score (nSPS) is 17.4. The summed E-state index contributed by atoms with van der Waals surface area (Å²) in [6.07, 6.45) is 6.12. The third-order valence-electron chi connectivity index (χ3n) is 5.27. The zero-order chi connectivity index (χ0) is 19.5. The first-order chi connectivity index (χ1) is 13.6. The molecule has 1 atom stereocenters. The van der Waals surface area contributed by atoms with E-state index in [-0.39, 0.29) is 5.82 Å². The van der Waals surface area contributed by atoms with Crippen molar-refractivity contribution in [1.82, 2.24) is 14.9 Å². The number of hydrogen-bond acceptors (Lipinski definition) is 5. The van der Waals surface area contributed by atoms with Crippen molar-refractivity contribution in [2.45, 2.75) is 32.7 Å². The Balaban J connectivity index is 1.35. The summed E-state index contributed by atoms with van der Waals surface area (Å²) in [4.78, 5) is 12.5. The van der Waals surface area contributed by atoms with Crippen molar-refractivity contribution in [3.05, 3.63) is 60.2 Å². The zero-order valence-corrected chi connectivity index (χ0v) is 17.0. The molecule has 3 heterocycles. The van der Waals surface area contributed by atoms with E-state index in [2.05, 4.69) is 40.1 Å². The maximum absolute atomic E-state index is 13.1. The van der Waals surface area contributed by atoms with Crippen LogP contribution in [0.1, 0.15) is 25.8 Å². The molecule has 0 unspecified atom stereocenters. The van der Waals surface area contributed by atoms with Gasteiger partial charge in [-0.15, -0.1) is 0 Å². The van der Waals surface area contributed by atoms with Gasteiger partial charge in [0.15, 0.2) is 5.13 Å². The van der Waals surface area contributed by atoms with Gasteiger partial charge >= 0.3 is 0 Å². The number of rotatable bonds is 6. The number of aromatic nitrogens is 2. The van der Waals surface area contributed by atoms with Crippen LogP contribution in [0.4, 0.5) is 15.3 Å². The van der Waals surface area contributed by atoms with Crippen LogP contribution in [0.5, 0.6) is 0 Å². The summed E-state index contributed by atoms with van der Waals surface area (Å²) >= 11 is 1.53. The number of halogens is 1. The average Bonchev–Trinajstić information content (AvgIpc) is 3.34. The minimum atomic E-state index is -0.231. The molecule has 0 amide bonds. The molecule has 1 aromatic carbocycles. The number of hydrogen-bond donors (Lipinski definition) is 1. The number of thiazole rings is 1. The van der Waals surface area contributed by atoms with E-state index in [0.29, 0.717) is 6.04 Å². The maximum Gasteiger partial charge on any atom is 0.188 e. The molecule has 0 aliphatic carbocycles. The second-order valence-electron chi connectivity index (χ2n) is 7.66. The molecular formula is C22H25FN4S. The lowest BCUT2D eigenvalue weighted by Gasteiger charge is -2.20. The van der Waals surface area contributed by atoms with Crippen molar-refractivity contribution >= 4 is 22.3 Å². The second-order valence-corrected chi connectivity index (χ2v) is 8.69. The summed E-state index contributed by atoms with van der Waals surface area (Å²) in [7, 11) is 0. The number of anilines is 2. The lowest BCUT2D eigenvalue weighted by molar-refractivity contribution is 0.265. The summed E-state index contributed by atoms with van der Waals surface area (Å²) in [5.41, 5.74) is 2.24. The van der Waals surface area contributed by atoms with E-state index >= 15 is 0 Å². The van der Waals surface area contributed by atoms with Gasteiger partial charge in [-0.1, -0.05) is 29.5 Å². The van der Waals surface area contributed by atoms with Gasteiger partial charge in [0, 0.05) is 25.0 Å². The summed E-state index contributed by atoms with van der Waals surface area (Å²) in [6.45, 7) is 6.92. The van der Waals surface area contributed by atoms with Gasteiger partial charge in [0.2, 0.25) is 0 Å². The van der Waals surface area contributed by atoms with Crippen molar-refractivity contribution in [1.29, 1.82) is 0 Å². The van der Waals surface area contributed by atoms with Crippen LogP contribution in [0.25, 0.3) is 10.4 Å². The van der Waals surface area contributed by atoms with Crippen LogP contribution in [0, 0.1) is 11.7 Å². The molecule has 1 aliphatic rings. The molecule has 0 saturated carbocycles. The standard InChI is InChI=1S/C22H25FN4S/c1-15(2)27-10-9-17(14-27)11-16-3-8-21(24-12-16)26-22-25-13-20(28-22)18-4-6-19(23)7-5-18/h3-8,12-13,15,17H,9-11,14H2,1-2H3,(H,24,25,26)/t17-/m0/s1. The Morgan fingerprint density at radius 1 is 1.14 bits per heavy atom. The van der Waals surface area contributed by atoms with E-state index in [1.807, 2.05) is 12.3 Å². The predicted octanol–water partition coefficient (Wildman–Crippen LogP) is 5.36. The number of likely N-dealkylation sites (tertiary alicyclic amines) is 1. The maximum atomic E-state index is 13.1. The molecule has 1 saturated heterocycles. The Morgan fingerprint density at radius 2 is 1.96 bits per heavy atom. The van der Waals surface area contributed by atoms with Crippen LogP contribution in [-0.4, -0.2) is 34.0 Å². The van der Waals surface area contributed by atoms with Gasteiger partial charge in [0.1, 0.15) is 11.6 Å². The minimum absolute atomic E-state index is 0.231. The fourth-order valence-corrected chi connectivity index (χ4v) is 4.47. The van der Waals surface area contributed by atoms with Crippen molar-refractivity contribution in [3.8, 4) is 10.4 Å². The Hall–Kier alpha value is -2.31. The predicted molar refractivity (Wildman–Crippen MR) is 114 cm³/mol. The summed E-state index contributed by atoms with van der Waals surface area (Å²) < 4.78 is 13.1. The summed E-state index contributed by atoms with van der Waals surface area (Å²) in [6, 6.07) is 11.3. The number of pyridine rings is 1. The average molecular weight is 397 g/mol. The molecule has 4 rings (SSSR count). The third-order valence-corrected chi connectivity index (χ3v) is 6.23. The molecule has 146 valence electrons. The first-order valence-electron chi connectivity index (χ1n) is 9.74. The molecule has 28 heavy (non-hydrogen) atoms. The van der Waals surface area contributed by atoms with Gasteiger partial charge in [0.25, 0.3) is 0 Å². The largest absolute Gasteiger partial charge is 0.316 e. The third kappa shape index (κ3) is 4.56. The smallest absolute Gasteiger partial charge is 0.188 e. The number of benzene rings is 1. The molecule has 4 nitrogen and oxygen atoms in total. The van der Waals surface area contributed by atoms with Crippen molar-refractivity contribution in [3.63, 3.8) is 0 Å². The Bertz CT molecular complexity index is 905. The molecule has 1 N–H and O–H groups in total. The molecule has 0 spiro atoms. The Kier molecular flexibility index (Phi) is 5.69. The second kappa shape index (κ2) is 8.37. The summed E-state index contributed by atoms with van der Waals surface area (Å²) in [5.74, 6) is 1.28. The SMILES string of the molecule is CC(C)N1CC[C@@H](Cc2ccc(Nc3ncc(-c4ccc(F)cc4)s3)nc2)C1. The fourth-order valence-electron chi connectivity index (χ4n) is 3.64. The zero-order valence-electron chi connectivity index (χ0n) is 16.2. The van der Waals surface area contributed by atoms with Crippen LogP contribution in [0.3, 0.4) is 0 Å². The first kappa shape index (κ1) is 19.0. The Labute approximate surface area is 169 Å². The van der Waals surface area contributed by atoms with Gasteiger partial charge in [-0.05, 0) is 68.5 Å². The minimum Gasteiger partial charge on any atom is -0.316 e. The van der Waals surface area contributed by atoms with Crippen LogP contribution in [0.15, 0.2) is 48.8 Å². The molecule has 1 aliphatic heterocycles. The first-order valence-corrected chi connectivity index (χ1v) is 10.6. The molecule has 0 radical (unpaired) electrons. The number of nitrogens with one attached hydrogen (secondary N) is 1. The van der Waals surface area contributed by atoms with Crippen molar-refractivity contribution in [2.75, 3.05) is 18.4 Å². The summed E-state index contributed by atoms with van der Waals surface area (Å²) in [5, 5.41) is 4.04. The Morgan fingerprint density at radius 3 is 2.64 bits per heavy atom. The van der Waals surface area contributed by atoms with Crippen LogP contribution in [0.2, 0.25) is 0 Å². The monoisotopic (exact) mass is 396 g/mol. The van der Waals surface area contributed by atoms with E-state index in [9.17, 15) is 4.39 Å². The molecule has 2 aromatic heterocycles. The van der Waals surface area contributed by atoms with E-state index in [1.54, 1.807) is 18.3 Å². The molecular weight excluding hydrogens is 371 g/mol. The van der Waals surface area contributed by atoms with Crippen LogP contribution in [-0.2, 0) is 6.42 Å². The fraction of sp³-hybridized carbons (Fsp3) is 0.364. The molecule has 1 fully saturated rings. The number of nitrogens with zero attached hydrogens (tertiary/aromatic N) is 3. The van der Waals surface area contributed by atoms with Crippen LogP contribution < -0.4 is 5.32 Å². The van der Waals surface area contributed by atoms with E-state index in [0.717, 1.165) is 33.7 Å². The lowest BCUT2D eigenvalue weighted by atomic mass is 10.00. The topological polar surface area (TPSA) is 41.0 Å². The van der Waals surface area contributed by atoms with Gasteiger partial charge in [-0.25, -0.2) is 14.4 Å². The van der Waals surface area contributed by atoms with Crippen molar-refractivity contribution < 1.29 is 4.39 Å². The van der Waals surface area contributed by atoms with Gasteiger partial charge in [-0.2, -0.15) is 0 Å².